The van der Waals surface area contributed by atoms with Crippen molar-refractivity contribution in [1.82, 2.24) is 4.31 Å². The van der Waals surface area contributed by atoms with Crippen molar-refractivity contribution in [3.63, 3.8) is 0 Å². The van der Waals surface area contributed by atoms with Gasteiger partial charge in [-0.25, -0.2) is 16.8 Å². The first-order chi connectivity index (χ1) is 12.2. The third kappa shape index (κ3) is 3.67. The molecule has 0 aliphatic carbocycles. The van der Waals surface area contributed by atoms with Crippen LogP contribution in [-0.2, 0) is 26.3 Å². The highest BCUT2D eigenvalue weighted by atomic mass is 35.5. The van der Waals surface area contributed by atoms with Gasteiger partial charge in [0.15, 0.2) is 9.84 Å². The highest BCUT2D eigenvalue weighted by Gasteiger charge is 2.44. The van der Waals surface area contributed by atoms with Gasteiger partial charge in [0.25, 0.3) is 0 Å². The van der Waals surface area contributed by atoms with Crippen molar-refractivity contribution in [2.75, 3.05) is 13.1 Å². The monoisotopic (exact) mass is 413 g/mol. The minimum absolute atomic E-state index is 0.0377. The Morgan fingerprint density at radius 3 is 2.00 bits per heavy atom. The zero-order chi connectivity index (χ0) is 18.9. The van der Waals surface area contributed by atoms with E-state index in [2.05, 4.69) is 6.92 Å². The molecular weight excluding hydrogens is 394 g/mol. The van der Waals surface area contributed by atoms with Crippen molar-refractivity contribution in [3.8, 4) is 0 Å². The first-order valence-electron chi connectivity index (χ1n) is 8.33. The molecule has 0 atom stereocenters. The molecule has 0 unspecified atom stereocenters. The average Bonchev–Trinajstić information content (AvgIpc) is 2.54. The van der Waals surface area contributed by atoms with Crippen molar-refractivity contribution < 1.29 is 16.8 Å². The molecule has 1 heterocycles. The van der Waals surface area contributed by atoms with E-state index < -0.39 is 25.1 Å². The number of nitrogens with zero attached hydrogens (tertiary/aromatic N) is 1. The van der Waals surface area contributed by atoms with Gasteiger partial charge in [-0.2, -0.15) is 4.31 Å². The third-order valence-corrected chi connectivity index (χ3v) is 8.70. The summed E-state index contributed by atoms with van der Waals surface area (Å²) in [6, 6.07) is 12.7. The van der Waals surface area contributed by atoms with Crippen molar-refractivity contribution in [2.45, 2.75) is 34.8 Å². The molecule has 0 N–H and O–H groups in total. The summed E-state index contributed by atoms with van der Waals surface area (Å²) in [5.41, 5.74) is 1.08. The largest absolute Gasteiger partial charge is 0.243 e. The van der Waals surface area contributed by atoms with Crippen molar-refractivity contribution in [1.29, 1.82) is 0 Å². The summed E-state index contributed by atoms with van der Waals surface area (Å²) in [5, 5.41) is -0.286. The number of sulfone groups is 1. The molecule has 0 aromatic heterocycles. The summed E-state index contributed by atoms with van der Waals surface area (Å²) in [5.74, 6) is 0. The van der Waals surface area contributed by atoms with E-state index in [-0.39, 0.29) is 22.9 Å². The number of sulfonamides is 1. The Labute approximate surface area is 159 Å². The molecule has 5 nitrogen and oxygen atoms in total. The molecule has 0 radical (unpaired) electrons. The molecule has 26 heavy (non-hydrogen) atoms. The molecule has 0 spiro atoms. The van der Waals surface area contributed by atoms with Crippen LogP contribution in [0.4, 0.5) is 0 Å². The van der Waals surface area contributed by atoms with Crippen LogP contribution in [0, 0.1) is 0 Å². The van der Waals surface area contributed by atoms with E-state index >= 15 is 0 Å². The lowest BCUT2D eigenvalue weighted by Crippen LogP contribution is -2.56. The van der Waals surface area contributed by atoms with E-state index in [1.54, 1.807) is 24.3 Å². The van der Waals surface area contributed by atoms with Crippen LogP contribution >= 0.6 is 11.6 Å². The average molecular weight is 414 g/mol. The minimum Gasteiger partial charge on any atom is -0.223 e. The van der Waals surface area contributed by atoms with Gasteiger partial charge in [0.05, 0.1) is 15.0 Å². The zero-order valence-corrected chi connectivity index (χ0v) is 16.7. The van der Waals surface area contributed by atoms with Gasteiger partial charge in [0.2, 0.25) is 10.0 Å². The predicted molar refractivity (Wildman–Crippen MR) is 102 cm³/mol. The van der Waals surface area contributed by atoms with Crippen LogP contribution in [0.15, 0.2) is 58.3 Å². The quantitative estimate of drug-likeness (QED) is 0.729. The maximum atomic E-state index is 12.7. The van der Waals surface area contributed by atoms with Crippen LogP contribution in [0.25, 0.3) is 0 Å². The summed E-state index contributed by atoms with van der Waals surface area (Å²) in [7, 11) is -7.24. The number of hydrogen-bond acceptors (Lipinski definition) is 4. The highest BCUT2D eigenvalue weighted by Crippen LogP contribution is 2.29. The van der Waals surface area contributed by atoms with Crippen LogP contribution < -0.4 is 0 Å². The first kappa shape index (κ1) is 19.4. The number of rotatable bonds is 6. The van der Waals surface area contributed by atoms with Crippen LogP contribution in [0.5, 0.6) is 0 Å². The lowest BCUT2D eigenvalue weighted by molar-refractivity contribution is 0.309. The molecule has 0 amide bonds. The molecular formula is C18H20ClNO4S2. The topological polar surface area (TPSA) is 71.5 Å². The van der Waals surface area contributed by atoms with Gasteiger partial charge in [0, 0.05) is 18.1 Å². The summed E-state index contributed by atoms with van der Waals surface area (Å²) >= 11 is 5.79. The lowest BCUT2D eigenvalue weighted by atomic mass is 10.1. The second-order valence-corrected chi connectivity index (χ2v) is 10.9. The molecule has 0 saturated carbocycles. The second-order valence-electron chi connectivity index (χ2n) is 6.34. The smallest absolute Gasteiger partial charge is 0.223 e. The van der Waals surface area contributed by atoms with Crippen molar-refractivity contribution in [3.05, 3.63) is 59.1 Å². The molecule has 0 bridgehead atoms. The van der Waals surface area contributed by atoms with E-state index in [9.17, 15) is 16.8 Å². The summed E-state index contributed by atoms with van der Waals surface area (Å²) in [6.07, 6.45) is 1.88. The standard InChI is InChI=1S/C18H20ClNO4S2/c1-2-3-14-4-8-17(9-5-14)26(23,24)20-12-18(13-20)25(21,22)16-10-6-15(19)7-11-16/h4-11,18H,2-3,12-13H2,1H3. The molecule has 2 aromatic rings. The normalized spacial score (nSPS) is 16.4. The van der Waals surface area contributed by atoms with Gasteiger partial charge in [-0.15, -0.1) is 0 Å². The Morgan fingerprint density at radius 2 is 1.46 bits per heavy atom. The molecule has 3 rings (SSSR count). The fourth-order valence-corrected chi connectivity index (χ4v) is 6.37. The number of benzene rings is 2. The molecule has 1 saturated heterocycles. The highest BCUT2D eigenvalue weighted by molar-refractivity contribution is 7.92. The van der Waals surface area contributed by atoms with Gasteiger partial charge in [0.1, 0.15) is 0 Å². The maximum Gasteiger partial charge on any atom is 0.243 e. The predicted octanol–water partition coefficient (Wildman–Crippen LogP) is 3.14. The van der Waals surface area contributed by atoms with Crippen molar-refractivity contribution in [2.24, 2.45) is 0 Å². The fraction of sp³-hybridized carbons (Fsp3) is 0.333. The van der Waals surface area contributed by atoms with Gasteiger partial charge < -0.3 is 0 Å². The van der Waals surface area contributed by atoms with E-state index in [1.807, 2.05) is 0 Å². The molecule has 1 fully saturated rings. The summed E-state index contributed by atoms with van der Waals surface area (Å²) in [4.78, 5) is 0.354. The SMILES string of the molecule is CCCc1ccc(S(=O)(=O)N2CC(S(=O)(=O)c3ccc(Cl)cc3)C2)cc1. The fourth-order valence-electron chi connectivity index (χ4n) is 2.88. The Morgan fingerprint density at radius 1 is 0.923 bits per heavy atom. The number of aryl methyl sites for hydroxylation is 1. The molecule has 140 valence electrons. The molecule has 1 aliphatic rings. The summed E-state index contributed by atoms with van der Waals surface area (Å²) in [6.45, 7) is 1.99. The summed E-state index contributed by atoms with van der Waals surface area (Å²) < 4.78 is 51.7. The van der Waals surface area contributed by atoms with E-state index in [4.69, 9.17) is 11.6 Å². The van der Waals surface area contributed by atoms with Crippen LogP contribution in [-0.4, -0.2) is 39.5 Å². The van der Waals surface area contributed by atoms with E-state index in [1.165, 1.54) is 28.6 Å². The van der Waals surface area contributed by atoms with Crippen LogP contribution in [0.1, 0.15) is 18.9 Å². The van der Waals surface area contributed by atoms with Gasteiger partial charge >= 0.3 is 0 Å². The number of halogens is 1. The third-order valence-electron chi connectivity index (χ3n) is 4.50. The van der Waals surface area contributed by atoms with Crippen molar-refractivity contribution >= 4 is 31.5 Å². The van der Waals surface area contributed by atoms with Gasteiger partial charge in [-0.1, -0.05) is 37.1 Å². The van der Waals surface area contributed by atoms with E-state index in [0.717, 1.165) is 18.4 Å². The lowest BCUT2D eigenvalue weighted by Gasteiger charge is -2.37. The van der Waals surface area contributed by atoms with Gasteiger partial charge in [-0.3, -0.25) is 0 Å². The Hall–Kier alpha value is -1.41. The van der Waals surface area contributed by atoms with Crippen LogP contribution in [0.2, 0.25) is 5.02 Å². The Balaban J connectivity index is 1.73. The minimum atomic E-state index is -3.67. The maximum absolute atomic E-state index is 12.7. The first-order valence-corrected chi connectivity index (χ1v) is 11.7. The van der Waals surface area contributed by atoms with Gasteiger partial charge in [-0.05, 0) is 48.4 Å². The molecule has 8 heteroatoms. The molecule has 1 aliphatic heterocycles. The number of hydrogen-bond donors (Lipinski definition) is 0. The molecule has 2 aromatic carbocycles. The Bertz CT molecular complexity index is 978. The zero-order valence-electron chi connectivity index (χ0n) is 14.3. The van der Waals surface area contributed by atoms with Crippen LogP contribution in [0.3, 0.4) is 0 Å². The second kappa shape index (κ2) is 7.31. The van der Waals surface area contributed by atoms with E-state index in [0.29, 0.717) is 5.02 Å². The Kier molecular flexibility index (Phi) is 5.44.